The first-order valence-electron chi connectivity index (χ1n) is 19.0. The Morgan fingerprint density at radius 3 is 0.939 bits per heavy atom. The second-order valence-electron chi connectivity index (χ2n) is 13.4. The summed E-state index contributed by atoms with van der Waals surface area (Å²) in [6.45, 7) is 0. The van der Waals surface area contributed by atoms with Crippen LogP contribution >= 0.6 is 0 Å². The van der Waals surface area contributed by atoms with Crippen LogP contribution in [0.1, 0.15) is 14.0 Å². The monoisotopic (exact) mass is 942 g/mol. The van der Waals surface area contributed by atoms with Gasteiger partial charge in [-0.05, 0) is 83.9 Å². The second kappa shape index (κ2) is 22.4. The Bertz CT molecular complexity index is 2860. The smallest absolute Gasteiger partial charge is 1.00 e. The van der Waals surface area contributed by atoms with Gasteiger partial charge in [-0.25, -0.2) is 0 Å². The average Bonchev–Trinajstić information content (AvgIpc) is 3.27. The van der Waals surface area contributed by atoms with Crippen molar-refractivity contribution in [2.75, 3.05) is 10.6 Å². The molecule has 0 atom stereocenters. The van der Waals surface area contributed by atoms with Crippen molar-refractivity contribution in [1.82, 2.24) is 19.9 Å². The van der Waals surface area contributed by atoms with E-state index in [9.17, 15) is 25.9 Å². The van der Waals surface area contributed by atoms with E-state index in [4.69, 9.17) is 18.9 Å². The minimum absolute atomic E-state index is 0. The summed E-state index contributed by atoms with van der Waals surface area (Å²) >= 11 is 0. The maximum Gasteiger partial charge on any atom is 1.00 e. The van der Waals surface area contributed by atoms with Crippen molar-refractivity contribution in [1.29, 1.82) is 0 Å². The summed E-state index contributed by atoms with van der Waals surface area (Å²) in [4.78, 5) is 16.6. The molecule has 0 saturated carbocycles. The molecule has 4 N–H and O–H groups in total. The summed E-state index contributed by atoms with van der Waals surface area (Å²) in [5.41, 5.74) is 0.251. The van der Waals surface area contributed by atoms with Crippen molar-refractivity contribution < 1.29 is 107 Å². The van der Waals surface area contributed by atoms with Crippen molar-refractivity contribution in [3.05, 3.63) is 181 Å². The van der Waals surface area contributed by atoms with Gasteiger partial charge in [-0.15, -0.1) is 0 Å². The predicted octanol–water partition coefficient (Wildman–Crippen LogP) is 4.82. The normalized spacial score (nSPS) is 11.1. The van der Waals surface area contributed by atoms with Gasteiger partial charge in [-0.2, -0.15) is 36.8 Å². The summed E-state index contributed by atoms with van der Waals surface area (Å²) in [7, 11) is -9.74. The van der Waals surface area contributed by atoms with Crippen LogP contribution in [-0.2, 0) is 20.2 Å². The topological polar surface area (TPSA) is 221 Å². The summed E-state index contributed by atoms with van der Waals surface area (Å²) in [5.74, 6) is 2.33. The first-order valence-corrected chi connectivity index (χ1v) is 21.9. The maximum atomic E-state index is 12.7. The van der Waals surface area contributed by atoms with Gasteiger partial charge in [0.15, 0.2) is 0 Å². The number of para-hydroxylation sites is 4. The number of ether oxygens (including phenoxy) is 4. The molecule has 20 heteroatoms. The Balaban J connectivity index is 0.00000252. The predicted molar refractivity (Wildman–Crippen MR) is 240 cm³/mol. The number of hydrogen-bond acceptors (Lipinski definition) is 14. The zero-order valence-corrected chi connectivity index (χ0v) is 40.7. The molecule has 0 spiro atoms. The number of rotatable bonds is 16. The van der Waals surface area contributed by atoms with Crippen LogP contribution in [0.2, 0.25) is 0 Å². The average molecular weight is 943 g/mol. The molecule has 0 unspecified atom stereocenters. The molecule has 2 aromatic heterocycles. The van der Waals surface area contributed by atoms with Gasteiger partial charge in [0.1, 0.15) is 32.8 Å². The van der Waals surface area contributed by atoms with Gasteiger partial charge >= 0.3 is 59.1 Å². The molecule has 8 aromatic rings. The molecule has 0 aliphatic carbocycles. The zero-order chi connectivity index (χ0) is 44.5. The van der Waals surface area contributed by atoms with Crippen LogP contribution in [0.15, 0.2) is 180 Å². The van der Waals surface area contributed by atoms with Crippen LogP contribution in [0.5, 0.6) is 46.5 Å². The Morgan fingerprint density at radius 1 is 0.409 bits per heavy atom. The van der Waals surface area contributed by atoms with E-state index in [0.717, 1.165) is 12.1 Å². The Kier molecular flexibility index (Phi) is 16.7. The van der Waals surface area contributed by atoms with Crippen LogP contribution < -0.4 is 88.7 Å². The minimum Gasteiger partial charge on any atom is -1.00 e. The van der Waals surface area contributed by atoms with Gasteiger partial charge in [0, 0.05) is 11.4 Å². The molecule has 8 rings (SSSR count). The molecule has 0 bridgehead atoms. The number of nitrogens with zero attached hydrogens (tertiary/aromatic N) is 4. The quantitative estimate of drug-likeness (QED) is 0.0580. The fourth-order valence-corrected chi connectivity index (χ4v) is 7.37. The molecule has 66 heavy (non-hydrogen) atoms. The fraction of sp³-hybridized carbons (Fsp3) is 0. The molecular formula is C46H36N6Na2O10S2. The fourth-order valence-electron chi connectivity index (χ4n) is 5.95. The van der Waals surface area contributed by atoms with Crippen molar-refractivity contribution in [2.45, 2.75) is 9.79 Å². The van der Waals surface area contributed by atoms with E-state index in [1.165, 1.54) is 48.6 Å². The van der Waals surface area contributed by atoms with Crippen molar-refractivity contribution in [3.63, 3.8) is 0 Å². The number of anilines is 4. The molecule has 6 aromatic carbocycles. The summed E-state index contributed by atoms with van der Waals surface area (Å²) < 4.78 is 95.2. The Labute approximate surface area is 426 Å². The number of hydrogen-bond donors (Lipinski definition) is 4. The molecule has 0 fully saturated rings. The van der Waals surface area contributed by atoms with E-state index < -0.39 is 30.0 Å². The molecule has 0 aliphatic heterocycles. The van der Waals surface area contributed by atoms with E-state index >= 15 is 0 Å². The molecular weight excluding hydrogens is 907 g/mol. The molecule has 324 valence electrons. The first-order chi connectivity index (χ1) is 30.9. The van der Waals surface area contributed by atoms with Crippen LogP contribution in [0, 0.1) is 0 Å². The number of benzene rings is 6. The van der Waals surface area contributed by atoms with E-state index in [2.05, 4.69) is 30.6 Å². The molecule has 16 nitrogen and oxygen atoms in total. The minimum atomic E-state index is -4.87. The SMILES string of the molecule is O=S(=O)(O)c1cc(Nc2nc(Oc3ccccc3)cc(Oc3ccccc3)n2)ccc1/C=C/c1ccc(Nc2nc(Oc3ccccc3)cc(Oc3ccccc3)n2)cc1S(=O)(=O)O.[H-].[H-].[Na+].[Na+]. The van der Waals surface area contributed by atoms with E-state index in [-0.39, 0.29) is 120 Å². The van der Waals surface area contributed by atoms with Gasteiger partial charge in [0.25, 0.3) is 20.2 Å². The number of nitrogens with one attached hydrogen (secondary N) is 2. The number of aromatic nitrogens is 4. The van der Waals surface area contributed by atoms with E-state index in [1.807, 2.05) is 24.3 Å². The van der Waals surface area contributed by atoms with Crippen LogP contribution in [0.25, 0.3) is 12.2 Å². The van der Waals surface area contributed by atoms with E-state index in [0.29, 0.717) is 23.0 Å². The first kappa shape index (κ1) is 49.3. The van der Waals surface area contributed by atoms with Gasteiger partial charge in [0.2, 0.25) is 35.4 Å². The van der Waals surface area contributed by atoms with Gasteiger partial charge < -0.3 is 32.4 Å². The Hall–Kier alpha value is -6.16. The van der Waals surface area contributed by atoms with Crippen LogP contribution in [0.3, 0.4) is 0 Å². The summed E-state index contributed by atoms with van der Waals surface area (Å²) in [6, 6.07) is 46.5. The third-order valence-corrected chi connectivity index (χ3v) is 10.6. The zero-order valence-electron chi connectivity index (χ0n) is 37.1. The van der Waals surface area contributed by atoms with Crippen molar-refractivity contribution >= 4 is 55.7 Å². The summed E-state index contributed by atoms with van der Waals surface area (Å²) in [6.07, 6.45) is 2.53. The largest absolute Gasteiger partial charge is 1.00 e. The molecule has 0 amide bonds. The third kappa shape index (κ3) is 13.7. The Morgan fingerprint density at radius 2 is 0.682 bits per heavy atom. The van der Waals surface area contributed by atoms with Crippen LogP contribution in [-0.4, -0.2) is 45.9 Å². The molecule has 2 heterocycles. The maximum absolute atomic E-state index is 12.7. The van der Waals surface area contributed by atoms with Crippen LogP contribution in [0.4, 0.5) is 23.3 Å². The second-order valence-corrected chi connectivity index (χ2v) is 16.2. The van der Waals surface area contributed by atoms with Gasteiger partial charge in [-0.3, -0.25) is 9.11 Å². The summed E-state index contributed by atoms with van der Waals surface area (Å²) in [5, 5.41) is 5.86. The standard InChI is InChI=1S/C46H34N6O10S2.2Na.2H/c53-63(54,55)39-27-33(47-45-49-41(59-35-13-5-1-6-14-35)29-42(50-45)60-36-15-7-2-8-16-36)25-23-31(39)21-22-32-24-26-34(28-40(32)64(56,57)58)48-46-51-43(61-37-17-9-3-10-18-37)30-44(52-46)62-38-19-11-4-12-20-38;;;;/h1-30H,(H,47,49,50)(H,48,51,52)(H,53,54,55)(H,56,57,58);;;;/q;2*+1;2*-1/b22-21+;;;;. The van der Waals surface area contributed by atoms with Gasteiger partial charge in [-0.1, -0.05) is 97.1 Å². The molecule has 0 aliphatic rings. The van der Waals surface area contributed by atoms with Crippen molar-refractivity contribution in [3.8, 4) is 46.5 Å². The molecule has 0 radical (unpaired) electrons. The van der Waals surface area contributed by atoms with E-state index in [1.54, 1.807) is 97.1 Å². The third-order valence-electron chi connectivity index (χ3n) is 8.76. The van der Waals surface area contributed by atoms with Crippen molar-refractivity contribution in [2.24, 2.45) is 0 Å². The van der Waals surface area contributed by atoms with Gasteiger partial charge in [0.05, 0.1) is 12.1 Å². The molecule has 0 saturated heterocycles.